The third-order valence-electron chi connectivity index (χ3n) is 4.05. The molecule has 4 heteroatoms. The number of halogens is 1. The molecule has 0 saturated carbocycles. The van der Waals surface area contributed by atoms with Crippen molar-refractivity contribution in [1.82, 2.24) is 10.2 Å². The highest BCUT2D eigenvalue weighted by atomic mass is 19.1. The van der Waals surface area contributed by atoms with Crippen LogP contribution in [0.25, 0.3) is 0 Å². The van der Waals surface area contributed by atoms with Crippen LogP contribution < -0.4 is 5.32 Å². The molecule has 1 aliphatic rings. The molecule has 1 heterocycles. The minimum absolute atomic E-state index is 0.142. The fourth-order valence-electron chi connectivity index (χ4n) is 3.03. The molecule has 1 fully saturated rings. The van der Waals surface area contributed by atoms with E-state index in [-0.39, 0.29) is 11.4 Å². The average Bonchev–Trinajstić information content (AvgIpc) is 2.50. The number of hydrogen-bond acceptors (Lipinski definition) is 3. The fraction of sp³-hybridized carbons (Fsp3) is 0.588. The number of piperidine rings is 1. The highest BCUT2D eigenvalue weighted by Crippen LogP contribution is 2.17. The van der Waals surface area contributed by atoms with Crippen LogP contribution in [0.2, 0.25) is 0 Å². The van der Waals surface area contributed by atoms with E-state index in [0.717, 1.165) is 32.6 Å². The van der Waals surface area contributed by atoms with Gasteiger partial charge in [0, 0.05) is 18.7 Å². The molecule has 2 rings (SSSR count). The Labute approximate surface area is 126 Å². The van der Waals surface area contributed by atoms with Crippen molar-refractivity contribution in [3.05, 3.63) is 35.1 Å². The second-order valence-corrected chi connectivity index (χ2v) is 5.84. The molecule has 114 valence electrons. The lowest BCUT2D eigenvalue weighted by atomic mass is 9.98. The van der Waals surface area contributed by atoms with Gasteiger partial charge >= 0.3 is 0 Å². The Bertz CT molecular complexity index is 489. The van der Waals surface area contributed by atoms with Gasteiger partial charge in [-0.2, -0.15) is 5.26 Å². The van der Waals surface area contributed by atoms with Gasteiger partial charge in [-0.15, -0.1) is 0 Å². The van der Waals surface area contributed by atoms with Gasteiger partial charge in [0.25, 0.3) is 0 Å². The third-order valence-corrected chi connectivity index (χ3v) is 4.05. The van der Waals surface area contributed by atoms with Crippen LogP contribution in [0.1, 0.15) is 37.3 Å². The monoisotopic (exact) mass is 289 g/mol. The summed E-state index contributed by atoms with van der Waals surface area (Å²) in [7, 11) is 0. The van der Waals surface area contributed by atoms with E-state index in [9.17, 15) is 4.39 Å². The van der Waals surface area contributed by atoms with Crippen LogP contribution in [-0.2, 0) is 6.54 Å². The summed E-state index contributed by atoms with van der Waals surface area (Å²) >= 11 is 0. The minimum Gasteiger partial charge on any atom is -0.316 e. The van der Waals surface area contributed by atoms with Gasteiger partial charge in [-0.3, -0.25) is 4.90 Å². The summed E-state index contributed by atoms with van der Waals surface area (Å²) in [6.07, 6.45) is 3.52. The minimum atomic E-state index is -0.358. The lowest BCUT2D eigenvalue weighted by Gasteiger charge is -2.30. The first-order valence-corrected chi connectivity index (χ1v) is 7.85. The van der Waals surface area contributed by atoms with Crippen molar-refractivity contribution >= 4 is 0 Å². The van der Waals surface area contributed by atoms with Crippen LogP contribution in [0.3, 0.4) is 0 Å². The van der Waals surface area contributed by atoms with E-state index in [1.54, 1.807) is 12.1 Å². The molecule has 1 atom stereocenters. The molecule has 0 bridgehead atoms. The molecule has 1 aromatic rings. The Balaban J connectivity index is 2.03. The predicted octanol–water partition coefficient (Wildman–Crippen LogP) is 2.91. The summed E-state index contributed by atoms with van der Waals surface area (Å²) in [5.41, 5.74) is 0.773. The Kier molecular flexibility index (Phi) is 6.16. The SMILES string of the molecule is CCCN(Cc1cccc(C#N)c1F)CC1CCCNC1. The molecular formula is C17H24FN3. The van der Waals surface area contributed by atoms with Gasteiger partial charge in [0.1, 0.15) is 11.9 Å². The molecule has 1 aliphatic heterocycles. The lowest BCUT2D eigenvalue weighted by molar-refractivity contribution is 0.199. The molecule has 1 aromatic carbocycles. The van der Waals surface area contributed by atoms with Gasteiger partial charge in [-0.1, -0.05) is 19.1 Å². The van der Waals surface area contributed by atoms with Crippen LogP contribution in [0.4, 0.5) is 4.39 Å². The van der Waals surface area contributed by atoms with Crippen molar-refractivity contribution in [2.45, 2.75) is 32.7 Å². The molecule has 0 radical (unpaired) electrons. The number of rotatable bonds is 6. The van der Waals surface area contributed by atoms with E-state index in [1.165, 1.54) is 18.9 Å². The molecule has 21 heavy (non-hydrogen) atoms. The number of nitrogens with one attached hydrogen (secondary N) is 1. The summed E-state index contributed by atoms with van der Waals surface area (Å²) in [4.78, 5) is 2.32. The van der Waals surface area contributed by atoms with Gasteiger partial charge < -0.3 is 5.32 Å². The highest BCUT2D eigenvalue weighted by Gasteiger charge is 2.18. The molecule has 0 aromatic heterocycles. The Hall–Kier alpha value is -1.44. The molecule has 1 N–H and O–H groups in total. The Morgan fingerprint density at radius 3 is 3.00 bits per heavy atom. The van der Waals surface area contributed by atoms with E-state index >= 15 is 0 Å². The zero-order chi connectivity index (χ0) is 15.1. The van der Waals surface area contributed by atoms with Gasteiger partial charge in [0.05, 0.1) is 5.56 Å². The quantitative estimate of drug-likeness (QED) is 0.875. The van der Waals surface area contributed by atoms with E-state index in [0.29, 0.717) is 18.0 Å². The summed E-state index contributed by atoms with van der Waals surface area (Å²) in [6.45, 7) is 6.87. The molecule has 3 nitrogen and oxygen atoms in total. The van der Waals surface area contributed by atoms with Gasteiger partial charge in [0.15, 0.2) is 0 Å². The van der Waals surface area contributed by atoms with Crippen molar-refractivity contribution in [3.8, 4) is 6.07 Å². The molecular weight excluding hydrogens is 265 g/mol. The molecule has 0 spiro atoms. The van der Waals surface area contributed by atoms with Crippen molar-refractivity contribution in [2.75, 3.05) is 26.2 Å². The zero-order valence-corrected chi connectivity index (χ0v) is 12.7. The molecule has 1 saturated heterocycles. The van der Waals surface area contributed by atoms with E-state index in [4.69, 9.17) is 5.26 Å². The van der Waals surface area contributed by atoms with Gasteiger partial charge in [0.2, 0.25) is 0 Å². The first-order valence-electron chi connectivity index (χ1n) is 7.85. The number of benzene rings is 1. The molecule has 0 amide bonds. The second kappa shape index (κ2) is 8.11. The van der Waals surface area contributed by atoms with E-state index in [2.05, 4.69) is 17.1 Å². The normalized spacial score (nSPS) is 18.7. The highest BCUT2D eigenvalue weighted by molar-refractivity contribution is 5.34. The van der Waals surface area contributed by atoms with Crippen molar-refractivity contribution in [2.24, 2.45) is 5.92 Å². The summed E-state index contributed by atoms with van der Waals surface area (Å²) in [6, 6.07) is 7.01. The van der Waals surface area contributed by atoms with Gasteiger partial charge in [-0.25, -0.2) is 4.39 Å². The molecule has 1 unspecified atom stereocenters. The fourth-order valence-corrected chi connectivity index (χ4v) is 3.03. The number of nitriles is 1. The standard InChI is InChI=1S/C17H24FN3/c1-2-9-21(12-14-5-4-8-20-11-14)13-16-7-3-6-15(10-19)17(16)18/h3,6-7,14,20H,2,4-5,8-9,11-13H2,1H3. The Morgan fingerprint density at radius 1 is 1.48 bits per heavy atom. The summed E-state index contributed by atoms with van der Waals surface area (Å²) in [5, 5.41) is 12.4. The van der Waals surface area contributed by atoms with Crippen LogP contribution in [0.15, 0.2) is 18.2 Å². The Morgan fingerprint density at radius 2 is 2.33 bits per heavy atom. The second-order valence-electron chi connectivity index (χ2n) is 5.84. The van der Waals surface area contributed by atoms with Crippen molar-refractivity contribution in [1.29, 1.82) is 5.26 Å². The summed E-state index contributed by atoms with van der Waals surface area (Å²) in [5.74, 6) is 0.287. The largest absolute Gasteiger partial charge is 0.316 e. The lowest BCUT2D eigenvalue weighted by Crippen LogP contribution is -2.38. The third kappa shape index (κ3) is 4.52. The first-order chi connectivity index (χ1) is 10.2. The van der Waals surface area contributed by atoms with Crippen LogP contribution >= 0.6 is 0 Å². The van der Waals surface area contributed by atoms with Crippen LogP contribution in [0, 0.1) is 23.1 Å². The average molecular weight is 289 g/mol. The van der Waals surface area contributed by atoms with Crippen molar-refractivity contribution < 1.29 is 4.39 Å². The zero-order valence-electron chi connectivity index (χ0n) is 12.7. The van der Waals surface area contributed by atoms with Crippen molar-refractivity contribution in [3.63, 3.8) is 0 Å². The van der Waals surface area contributed by atoms with Crippen LogP contribution in [0.5, 0.6) is 0 Å². The number of nitrogens with zero attached hydrogens (tertiary/aromatic N) is 2. The maximum absolute atomic E-state index is 14.2. The first kappa shape index (κ1) is 15.9. The van der Waals surface area contributed by atoms with E-state index < -0.39 is 0 Å². The topological polar surface area (TPSA) is 39.1 Å². The maximum atomic E-state index is 14.2. The smallest absolute Gasteiger partial charge is 0.145 e. The van der Waals surface area contributed by atoms with E-state index in [1.807, 2.05) is 6.07 Å². The van der Waals surface area contributed by atoms with Gasteiger partial charge in [-0.05, 0) is 50.9 Å². The van der Waals surface area contributed by atoms with Crippen LogP contribution in [-0.4, -0.2) is 31.1 Å². The predicted molar refractivity (Wildman–Crippen MR) is 82.3 cm³/mol. The maximum Gasteiger partial charge on any atom is 0.145 e. The number of hydrogen-bond donors (Lipinski definition) is 1. The summed E-state index contributed by atoms with van der Waals surface area (Å²) < 4.78 is 14.2. The molecule has 0 aliphatic carbocycles.